The normalized spacial score (nSPS) is 10.5. The summed E-state index contributed by atoms with van der Waals surface area (Å²) in [5, 5.41) is 1.82. The van der Waals surface area contributed by atoms with E-state index >= 15 is 0 Å². The molecule has 0 aliphatic carbocycles. The van der Waals surface area contributed by atoms with Crippen LogP contribution >= 0.6 is 23.4 Å². The van der Waals surface area contributed by atoms with E-state index in [1.54, 1.807) is 18.9 Å². The minimum absolute atomic E-state index is 0.870. The zero-order valence-corrected chi connectivity index (χ0v) is 8.23. The van der Waals surface area contributed by atoms with Gasteiger partial charge in [0.1, 0.15) is 5.75 Å². The van der Waals surface area contributed by atoms with Crippen molar-refractivity contribution in [3.05, 3.63) is 35.2 Å². The molecule has 1 aromatic rings. The SMILES string of the molecule is COc1ccc(SC=CCl)cc1. The molecule has 0 bridgehead atoms. The molecule has 0 radical (unpaired) electrons. The van der Waals surface area contributed by atoms with Gasteiger partial charge in [0.15, 0.2) is 0 Å². The monoisotopic (exact) mass is 200 g/mol. The van der Waals surface area contributed by atoms with Gasteiger partial charge in [-0.2, -0.15) is 0 Å². The molecule has 12 heavy (non-hydrogen) atoms. The van der Waals surface area contributed by atoms with E-state index in [9.17, 15) is 0 Å². The Morgan fingerprint density at radius 3 is 2.50 bits per heavy atom. The molecule has 0 saturated carbocycles. The first-order valence-corrected chi connectivity index (χ1v) is 4.74. The molecule has 0 fully saturated rings. The van der Waals surface area contributed by atoms with Crippen molar-refractivity contribution in [3.8, 4) is 5.75 Å². The number of benzene rings is 1. The summed E-state index contributed by atoms with van der Waals surface area (Å²) in [5.74, 6) is 0.870. The molecule has 0 aliphatic rings. The summed E-state index contributed by atoms with van der Waals surface area (Å²) < 4.78 is 5.02. The Labute approximate surface area is 81.4 Å². The number of ether oxygens (including phenoxy) is 1. The van der Waals surface area contributed by atoms with Gasteiger partial charge in [0.2, 0.25) is 0 Å². The van der Waals surface area contributed by atoms with Crippen LogP contribution in [0.5, 0.6) is 5.75 Å². The third-order valence-electron chi connectivity index (χ3n) is 1.31. The maximum atomic E-state index is 5.38. The van der Waals surface area contributed by atoms with Crippen molar-refractivity contribution >= 4 is 23.4 Å². The fourth-order valence-electron chi connectivity index (χ4n) is 0.759. The largest absolute Gasteiger partial charge is 0.497 e. The highest BCUT2D eigenvalue weighted by Gasteiger charge is 1.91. The second-order valence-electron chi connectivity index (χ2n) is 2.06. The molecule has 0 N–H and O–H groups in total. The lowest BCUT2D eigenvalue weighted by Crippen LogP contribution is -1.80. The zero-order chi connectivity index (χ0) is 8.81. The molecular formula is C9H9ClOS. The second-order valence-corrected chi connectivity index (χ2v) is 3.29. The Hall–Kier alpha value is -0.600. The van der Waals surface area contributed by atoms with Gasteiger partial charge >= 0.3 is 0 Å². The van der Waals surface area contributed by atoms with E-state index in [0.29, 0.717) is 0 Å². The van der Waals surface area contributed by atoms with Crippen molar-refractivity contribution < 1.29 is 4.74 Å². The Morgan fingerprint density at radius 1 is 1.33 bits per heavy atom. The summed E-state index contributed by atoms with van der Waals surface area (Å²) in [6.45, 7) is 0. The molecule has 0 saturated heterocycles. The highest BCUT2D eigenvalue weighted by Crippen LogP contribution is 2.21. The van der Waals surface area contributed by atoms with Crippen LogP contribution < -0.4 is 4.74 Å². The van der Waals surface area contributed by atoms with Crippen LogP contribution in [0.25, 0.3) is 0 Å². The summed E-state index contributed by atoms with van der Waals surface area (Å²) in [7, 11) is 1.65. The fourth-order valence-corrected chi connectivity index (χ4v) is 1.41. The van der Waals surface area contributed by atoms with Crippen LogP contribution in [-0.4, -0.2) is 7.11 Å². The number of halogens is 1. The smallest absolute Gasteiger partial charge is 0.118 e. The van der Waals surface area contributed by atoms with Crippen molar-refractivity contribution in [3.63, 3.8) is 0 Å². The Morgan fingerprint density at radius 2 is 2.00 bits per heavy atom. The number of hydrogen-bond donors (Lipinski definition) is 0. The van der Waals surface area contributed by atoms with Crippen LogP contribution in [0.15, 0.2) is 40.1 Å². The molecule has 3 heteroatoms. The van der Waals surface area contributed by atoms with E-state index < -0.39 is 0 Å². The Balaban J connectivity index is 2.64. The zero-order valence-electron chi connectivity index (χ0n) is 6.66. The molecule has 0 unspecified atom stereocenters. The molecule has 64 valence electrons. The van der Waals surface area contributed by atoms with Crippen molar-refractivity contribution in [2.24, 2.45) is 0 Å². The average molecular weight is 201 g/mol. The summed E-state index contributed by atoms with van der Waals surface area (Å²) in [6, 6.07) is 7.82. The first-order chi connectivity index (χ1) is 5.86. The Bertz CT molecular complexity index is 256. The van der Waals surface area contributed by atoms with Crippen LogP contribution in [-0.2, 0) is 0 Å². The molecule has 0 amide bonds. The maximum absolute atomic E-state index is 5.38. The maximum Gasteiger partial charge on any atom is 0.118 e. The summed E-state index contributed by atoms with van der Waals surface area (Å²) in [5.41, 5.74) is 1.49. The standard InChI is InChI=1S/C9H9ClOS/c1-11-8-2-4-9(5-3-8)12-7-6-10/h2-7H,1H3. The van der Waals surface area contributed by atoms with Gasteiger partial charge in [0.05, 0.1) is 7.11 Å². The first-order valence-electron chi connectivity index (χ1n) is 3.43. The van der Waals surface area contributed by atoms with Crippen LogP contribution in [0.4, 0.5) is 0 Å². The van der Waals surface area contributed by atoms with Crippen LogP contribution in [0.1, 0.15) is 0 Å². The van der Waals surface area contributed by atoms with Crippen molar-refractivity contribution in [1.82, 2.24) is 0 Å². The van der Waals surface area contributed by atoms with Gasteiger partial charge in [0.25, 0.3) is 0 Å². The highest BCUT2D eigenvalue weighted by molar-refractivity contribution is 8.02. The third kappa shape index (κ3) is 2.80. The van der Waals surface area contributed by atoms with Gasteiger partial charge in [-0.1, -0.05) is 23.4 Å². The average Bonchev–Trinajstić information content (AvgIpc) is 2.15. The van der Waals surface area contributed by atoms with E-state index in [-0.39, 0.29) is 0 Å². The van der Waals surface area contributed by atoms with Crippen LogP contribution in [0.3, 0.4) is 0 Å². The summed E-state index contributed by atoms with van der Waals surface area (Å²) in [4.78, 5) is 1.15. The van der Waals surface area contributed by atoms with Gasteiger partial charge in [-0.3, -0.25) is 0 Å². The van der Waals surface area contributed by atoms with Gasteiger partial charge in [0, 0.05) is 10.4 Å². The van der Waals surface area contributed by atoms with Gasteiger partial charge in [-0.15, -0.1) is 0 Å². The van der Waals surface area contributed by atoms with Gasteiger partial charge < -0.3 is 4.74 Å². The van der Waals surface area contributed by atoms with E-state index in [1.807, 2.05) is 29.7 Å². The molecule has 0 aromatic heterocycles. The predicted molar refractivity (Wildman–Crippen MR) is 53.8 cm³/mol. The third-order valence-corrected chi connectivity index (χ3v) is 2.41. The molecular weight excluding hydrogens is 192 g/mol. The summed E-state index contributed by atoms with van der Waals surface area (Å²) in [6.07, 6.45) is 0. The lowest BCUT2D eigenvalue weighted by molar-refractivity contribution is 0.414. The molecule has 1 aromatic carbocycles. The molecule has 1 nitrogen and oxygen atoms in total. The molecule has 0 heterocycles. The van der Waals surface area contributed by atoms with Crippen molar-refractivity contribution in [2.45, 2.75) is 4.90 Å². The lowest BCUT2D eigenvalue weighted by Gasteiger charge is -1.99. The lowest BCUT2D eigenvalue weighted by atomic mass is 10.3. The minimum atomic E-state index is 0.870. The first kappa shape index (κ1) is 9.49. The topological polar surface area (TPSA) is 9.23 Å². The molecule has 1 rings (SSSR count). The van der Waals surface area contributed by atoms with Gasteiger partial charge in [-0.05, 0) is 29.7 Å². The molecule has 0 aliphatic heterocycles. The molecule has 0 spiro atoms. The van der Waals surface area contributed by atoms with E-state index in [1.165, 1.54) is 5.54 Å². The highest BCUT2D eigenvalue weighted by atomic mass is 35.5. The van der Waals surface area contributed by atoms with E-state index in [0.717, 1.165) is 10.6 Å². The fraction of sp³-hybridized carbons (Fsp3) is 0.111. The number of hydrogen-bond acceptors (Lipinski definition) is 2. The van der Waals surface area contributed by atoms with Crippen LogP contribution in [0.2, 0.25) is 0 Å². The predicted octanol–water partition coefficient (Wildman–Crippen LogP) is 3.50. The summed E-state index contributed by atoms with van der Waals surface area (Å²) >= 11 is 6.96. The Kier molecular flexibility index (Phi) is 4.05. The van der Waals surface area contributed by atoms with E-state index in [2.05, 4.69) is 0 Å². The van der Waals surface area contributed by atoms with Crippen LogP contribution in [0, 0.1) is 0 Å². The quantitative estimate of drug-likeness (QED) is 0.691. The minimum Gasteiger partial charge on any atom is -0.497 e. The van der Waals surface area contributed by atoms with E-state index in [4.69, 9.17) is 16.3 Å². The number of thioether (sulfide) groups is 1. The van der Waals surface area contributed by atoms with Gasteiger partial charge in [-0.25, -0.2) is 0 Å². The molecule has 0 atom stereocenters. The number of rotatable bonds is 3. The van der Waals surface area contributed by atoms with Crippen molar-refractivity contribution in [2.75, 3.05) is 7.11 Å². The number of methoxy groups -OCH3 is 1. The second kappa shape index (κ2) is 5.12. The van der Waals surface area contributed by atoms with Crippen molar-refractivity contribution in [1.29, 1.82) is 0 Å².